The van der Waals surface area contributed by atoms with Crippen LogP contribution in [0.3, 0.4) is 0 Å². The highest BCUT2D eigenvalue weighted by molar-refractivity contribution is 6.34. The van der Waals surface area contributed by atoms with Crippen molar-refractivity contribution in [2.45, 2.75) is 44.7 Å². The van der Waals surface area contributed by atoms with E-state index < -0.39 is 35.0 Å². The van der Waals surface area contributed by atoms with Crippen molar-refractivity contribution >= 4 is 40.0 Å². The summed E-state index contributed by atoms with van der Waals surface area (Å²) in [5, 5.41) is -0.235. The average molecular weight is 640 g/mol. The predicted molar refractivity (Wildman–Crippen MR) is 157 cm³/mol. The largest absolute Gasteiger partial charge is 0.462 e. The molecular formula is C29H31ClF5N7O2. The van der Waals surface area contributed by atoms with Gasteiger partial charge in [0.25, 0.3) is 0 Å². The summed E-state index contributed by atoms with van der Waals surface area (Å²) in [4.78, 5) is 30.1. The first-order valence-electron chi connectivity index (χ1n) is 13.9. The third kappa shape index (κ3) is 5.96. The molecule has 3 aromatic rings. The van der Waals surface area contributed by atoms with E-state index in [1.165, 1.54) is 19.1 Å². The molecule has 9 nitrogen and oxygen atoms in total. The number of hydrogen-bond acceptors (Lipinski definition) is 8. The standard InChI is InChI=1S/C29H31ClF5N7O2/c1-5-21(43)41-6-7-42(15(3)11-41)27-18-10-19(30)22(26-23(29(33,34)35)14(2)8-20(36)37-26)24(32)25(18)38-28(39-27)44-13-17-9-16(31)12-40(17)4/h5,8,10,15-17H,1,6-7,9,11-13H2,2-4H3,(H2,36,37)/t15-,16+,17-/m0/s1. The van der Waals surface area contributed by atoms with Crippen LogP contribution < -0.4 is 15.4 Å². The molecule has 44 heavy (non-hydrogen) atoms. The third-order valence-electron chi connectivity index (χ3n) is 8.03. The number of aromatic nitrogens is 3. The maximum atomic E-state index is 16.5. The van der Waals surface area contributed by atoms with Gasteiger partial charge in [0.1, 0.15) is 29.9 Å². The second-order valence-corrected chi connectivity index (χ2v) is 11.5. The van der Waals surface area contributed by atoms with E-state index in [4.69, 9.17) is 22.1 Å². The Bertz CT molecular complexity index is 1620. The number of amides is 1. The number of piperazine rings is 1. The molecule has 2 aromatic heterocycles. The quantitative estimate of drug-likeness (QED) is 0.296. The highest BCUT2D eigenvalue weighted by Gasteiger charge is 2.39. The van der Waals surface area contributed by atoms with Crippen LogP contribution in [-0.4, -0.2) is 88.7 Å². The lowest BCUT2D eigenvalue weighted by molar-refractivity contribution is -0.137. The molecule has 4 heterocycles. The normalized spacial score (nSPS) is 21.2. The van der Waals surface area contributed by atoms with E-state index >= 15 is 4.39 Å². The Hall–Kier alpha value is -3.78. The fourth-order valence-electron chi connectivity index (χ4n) is 5.88. The smallest absolute Gasteiger partial charge is 0.418 e. The number of carbonyl (C=O) groups is 1. The van der Waals surface area contributed by atoms with Crippen LogP contribution in [0.1, 0.15) is 24.5 Å². The topological polar surface area (TPSA) is 101 Å². The van der Waals surface area contributed by atoms with Gasteiger partial charge in [0.05, 0.1) is 21.8 Å². The number of halogens is 6. The number of carbonyl (C=O) groups excluding carboxylic acids is 1. The second kappa shape index (κ2) is 12.0. The first kappa shape index (κ1) is 31.6. The van der Waals surface area contributed by atoms with Crippen molar-refractivity contribution in [1.82, 2.24) is 24.8 Å². The number of ether oxygens (including phenoxy) is 1. The Morgan fingerprint density at radius 3 is 2.57 bits per heavy atom. The summed E-state index contributed by atoms with van der Waals surface area (Å²) in [5.74, 6) is -1.45. The van der Waals surface area contributed by atoms with Gasteiger partial charge in [-0.25, -0.2) is 13.8 Å². The summed E-state index contributed by atoms with van der Waals surface area (Å²) in [6.07, 6.45) is -4.48. The number of anilines is 2. The van der Waals surface area contributed by atoms with Gasteiger partial charge >= 0.3 is 12.2 Å². The molecule has 2 N–H and O–H groups in total. The molecule has 2 fully saturated rings. The Morgan fingerprint density at radius 1 is 1.23 bits per heavy atom. The van der Waals surface area contributed by atoms with Crippen LogP contribution in [-0.2, 0) is 11.0 Å². The van der Waals surface area contributed by atoms with E-state index in [1.807, 2.05) is 11.8 Å². The van der Waals surface area contributed by atoms with Crippen molar-refractivity contribution in [3.05, 3.63) is 46.8 Å². The van der Waals surface area contributed by atoms with Crippen molar-refractivity contribution in [1.29, 1.82) is 0 Å². The molecule has 1 aromatic carbocycles. The lowest BCUT2D eigenvalue weighted by atomic mass is 9.99. The van der Waals surface area contributed by atoms with Crippen LogP contribution in [0.2, 0.25) is 5.02 Å². The molecule has 2 aliphatic heterocycles. The first-order chi connectivity index (χ1) is 20.7. The molecule has 15 heteroatoms. The van der Waals surface area contributed by atoms with E-state index in [2.05, 4.69) is 21.5 Å². The van der Waals surface area contributed by atoms with E-state index in [-0.39, 0.29) is 83.2 Å². The van der Waals surface area contributed by atoms with Gasteiger partial charge in [0.15, 0.2) is 5.82 Å². The summed E-state index contributed by atoms with van der Waals surface area (Å²) < 4.78 is 78.9. The molecule has 3 atom stereocenters. The number of rotatable bonds is 6. The number of likely N-dealkylation sites (N-methyl/N-ethyl adjacent to an activating group) is 1. The summed E-state index contributed by atoms with van der Waals surface area (Å²) >= 11 is 6.52. The Balaban J connectivity index is 1.67. The van der Waals surface area contributed by atoms with Crippen molar-refractivity contribution in [2.24, 2.45) is 0 Å². The fraction of sp³-hybridized carbons (Fsp3) is 0.448. The van der Waals surface area contributed by atoms with Gasteiger partial charge in [-0.15, -0.1) is 0 Å². The molecular weight excluding hydrogens is 609 g/mol. The minimum absolute atomic E-state index is 0.00467. The van der Waals surface area contributed by atoms with Crippen LogP contribution in [0.5, 0.6) is 6.01 Å². The Labute approximate surface area is 255 Å². The van der Waals surface area contributed by atoms with Gasteiger partial charge in [-0.3, -0.25) is 9.69 Å². The molecule has 5 rings (SSSR count). The van der Waals surface area contributed by atoms with Crippen LogP contribution in [0.15, 0.2) is 24.8 Å². The van der Waals surface area contributed by atoms with Gasteiger partial charge in [-0.2, -0.15) is 23.1 Å². The van der Waals surface area contributed by atoms with Gasteiger partial charge in [0.2, 0.25) is 5.91 Å². The molecule has 0 saturated carbocycles. The number of aryl methyl sites for hydroxylation is 1. The number of pyridine rings is 1. The number of benzene rings is 1. The number of nitrogens with two attached hydrogens (primary N) is 1. The molecule has 0 radical (unpaired) electrons. The lowest BCUT2D eigenvalue weighted by Gasteiger charge is -2.40. The van der Waals surface area contributed by atoms with Crippen molar-refractivity contribution in [3.63, 3.8) is 0 Å². The maximum absolute atomic E-state index is 16.5. The number of alkyl halides is 4. The van der Waals surface area contributed by atoms with Crippen molar-refractivity contribution in [2.75, 3.05) is 50.5 Å². The SMILES string of the molecule is C=CC(=O)N1CCN(c2nc(OC[C@@H]3C[C@@H](F)CN3C)nc3c(F)c(-c4nc(N)cc(C)c4C(F)(F)F)c(Cl)cc23)[C@@H](C)C1. The number of likely N-dealkylation sites (tertiary alicyclic amines) is 1. The molecule has 2 aliphatic rings. The molecule has 0 unspecified atom stereocenters. The highest BCUT2D eigenvalue weighted by atomic mass is 35.5. The van der Waals surface area contributed by atoms with E-state index in [9.17, 15) is 22.4 Å². The van der Waals surface area contributed by atoms with Gasteiger partial charge in [0, 0.05) is 43.6 Å². The van der Waals surface area contributed by atoms with Crippen molar-refractivity contribution < 1.29 is 31.5 Å². The molecule has 0 bridgehead atoms. The minimum atomic E-state index is -4.89. The molecule has 1 amide bonds. The second-order valence-electron chi connectivity index (χ2n) is 11.1. The number of fused-ring (bicyclic) bond motifs is 1. The van der Waals surface area contributed by atoms with Crippen LogP contribution in [0, 0.1) is 12.7 Å². The first-order valence-corrected chi connectivity index (χ1v) is 14.3. The zero-order valence-corrected chi connectivity index (χ0v) is 25.0. The fourth-order valence-corrected chi connectivity index (χ4v) is 6.16. The summed E-state index contributed by atoms with van der Waals surface area (Å²) in [7, 11) is 1.75. The Kier molecular flexibility index (Phi) is 8.60. The van der Waals surface area contributed by atoms with Gasteiger partial charge in [-0.1, -0.05) is 18.2 Å². The van der Waals surface area contributed by atoms with Gasteiger partial charge < -0.3 is 20.3 Å². The highest BCUT2D eigenvalue weighted by Crippen LogP contribution is 2.44. The number of hydrogen-bond donors (Lipinski definition) is 1. The maximum Gasteiger partial charge on any atom is 0.418 e. The van der Waals surface area contributed by atoms with E-state index in [0.29, 0.717) is 13.1 Å². The predicted octanol–water partition coefficient (Wildman–Crippen LogP) is 5.04. The summed E-state index contributed by atoms with van der Waals surface area (Å²) in [5.41, 5.74) is 2.61. The third-order valence-corrected chi connectivity index (χ3v) is 8.33. The van der Waals surface area contributed by atoms with Gasteiger partial charge in [-0.05, 0) is 51.1 Å². The zero-order chi connectivity index (χ0) is 32.1. The van der Waals surface area contributed by atoms with Crippen LogP contribution >= 0.6 is 11.6 Å². The number of nitrogen functional groups attached to an aromatic ring is 1. The molecule has 0 spiro atoms. The summed E-state index contributed by atoms with van der Waals surface area (Å²) in [6, 6.07) is 1.48. The van der Waals surface area contributed by atoms with Crippen LogP contribution in [0.4, 0.5) is 33.6 Å². The zero-order valence-electron chi connectivity index (χ0n) is 24.3. The Morgan fingerprint density at radius 2 is 1.95 bits per heavy atom. The molecule has 236 valence electrons. The average Bonchev–Trinajstić information content (AvgIpc) is 3.26. The van der Waals surface area contributed by atoms with Crippen molar-refractivity contribution in [3.8, 4) is 17.3 Å². The van der Waals surface area contributed by atoms with E-state index in [0.717, 1.165) is 6.07 Å². The minimum Gasteiger partial charge on any atom is -0.462 e. The molecule has 0 aliphatic carbocycles. The van der Waals surface area contributed by atoms with E-state index in [1.54, 1.807) is 16.8 Å². The lowest BCUT2D eigenvalue weighted by Crippen LogP contribution is -2.53. The monoisotopic (exact) mass is 639 g/mol. The molecule has 2 saturated heterocycles. The summed E-state index contributed by atoms with van der Waals surface area (Å²) in [6.45, 7) is 7.68. The number of nitrogens with zero attached hydrogens (tertiary/aromatic N) is 6. The van der Waals surface area contributed by atoms with Crippen LogP contribution in [0.25, 0.3) is 22.2 Å².